The second-order valence-corrected chi connectivity index (χ2v) is 4.16. The number of amides is 1. The van der Waals surface area contributed by atoms with Crippen molar-refractivity contribution in [1.82, 2.24) is 5.32 Å². The second-order valence-electron chi connectivity index (χ2n) is 4.16. The van der Waals surface area contributed by atoms with Gasteiger partial charge in [-0.05, 0) is 36.4 Å². The number of carbonyl (C=O) groups is 2. The predicted molar refractivity (Wildman–Crippen MR) is 73.8 cm³/mol. The van der Waals surface area contributed by atoms with E-state index < -0.39 is 11.9 Å². The van der Waals surface area contributed by atoms with Crippen molar-refractivity contribution < 1.29 is 23.5 Å². The number of nitrogens with one attached hydrogen (secondary N) is 1. The highest BCUT2D eigenvalue weighted by Gasteiger charge is 2.10. The Kier molecular flexibility index (Phi) is 4.98. The molecule has 0 aliphatic rings. The lowest BCUT2D eigenvalue weighted by molar-refractivity contribution is -0.124. The van der Waals surface area contributed by atoms with Crippen LogP contribution in [0.15, 0.2) is 47.1 Å². The number of furan rings is 1. The Morgan fingerprint density at radius 2 is 1.95 bits per heavy atom. The molecule has 6 nitrogen and oxygen atoms in total. The number of hydrogen-bond donors (Lipinski definition) is 1. The summed E-state index contributed by atoms with van der Waals surface area (Å²) in [6.07, 6.45) is 1.52. The van der Waals surface area contributed by atoms with Gasteiger partial charge < -0.3 is 19.2 Å². The van der Waals surface area contributed by atoms with Gasteiger partial charge in [-0.1, -0.05) is 0 Å². The van der Waals surface area contributed by atoms with Crippen molar-refractivity contribution in [3.63, 3.8) is 0 Å². The zero-order valence-electron chi connectivity index (χ0n) is 11.5. The molecule has 0 aliphatic heterocycles. The van der Waals surface area contributed by atoms with Crippen LogP contribution in [0.4, 0.5) is 0 Å². The Bertz CT molecular complexity index is 589. The highest BCUT2D eigenvalue weighted by atomic mass is 16.5. The van der Waals surface area contributed by atoms with E-state index in [0.717, 1.165) is 0 Å². The van der Waals surface area contributed by atoms with E-state index in [2.05, 4.69) is 5.32 Å². The Hall–Kier alpha value is -2.76. The molecule has 0 saturated carbocycles. The minimum absolute atomic E-state index is 0.256. The molecule has 110 valence electrons. The van der Waals surface area contributed by atoms with Crippen LogP contribution in [0.3, 0.4) is 0 Å². The number of esters is 1. The van der Waals surface area contributed by atoms with Gasteiger partial charge in [0, 0.05) is 0 Å². The maximum Gasteiger partial charge on any atom is 0.338 e. The minimum Gasteiger partial charge on any atom is -0.497 e. The third kappa shape index (κ3) is 4.38. The van der Waals surface area contributed by atoms with Gasteiger partial charge in [-0.2, -0.15) is 0 Å². The summed E-state index contributed by atoms with van der Waals surface area (Å²) in [4.78, 5) is 23.2. The lowest BCUT2D eigenvalue weighted by atomic mass is 10.2. The van der Waals surface area contributed by atoms with Crippen LogP contribution in [0.25, 0.3) is 0 Å². The van der Waals surface area contributed by atoms with Crippen LogP contribution in [0.2, 0.25) is 0 Å². The Labute approximate surface area is 121 Å². The lowest BCUT2D eigenvalue weighted by Gasteiger charge is -2.06. The van der Waals surface area contributed by atoms with Gasteiger partial charge >= 0.3 is 5.97 Å². The first-order valence-electron chi connectivity index (χ1n) is 6.29. The third-order valence-corrected chi connectivity index (χ3v) is 2.70. The van der Waals surface area contributed by atoms with E-state index in [1.165, 1.54) is 13.4 Å². The van der Waals surface area contributed by atoms with Gasteiger partial charge in [0.2, 0.25) is 0 Å². The fourth-order valence-corrected chi connectivity index (χ4v) is 1.59. The zero-order chi connectivity index (χ0) is 15.1. The summed E-state index contributed by atoms with van der Waals surface area (Å²) in [6.45, 7) is -0.0858. The molecule has 0 fully saturated rings. The van der Waals surface area contributed by atoms with Crippen LogP contribution >= 0.6 is 0 Å². The minimum atomic E-state index is -0.564. The summed E-state index contributed by atoms with van der Waals surface area (Å²) in [5, 5.41) is 2.58. The van der Waals surface area contributed by atoms with E-state index in [1.54, 1.807) is 36.4 Å². The molecule has 2 rings (SSSR count). The Morgan fingerprint density at radius 3 is 2.57 bits per heavy atom. The molecule has 0 aliphatic carbocycles. The van der Waals surface area contributed by atoms with Crippen LogP contribution in [0.5, 0.6) is 5.75 Å². The molecule has 1 N–H and O–H groups in total. The molecule has 1 amide bonds. The van der Waals surface area contributed by atoms with Crippen LogP contribution in [0, 0.1) is 0 Å². The van der Waals surface area contributed by atoms with Crippen molar-refractivity contribution in [2.75, 3.05) is 13.7 Å². The third-order valence-electron chi connectivity index (χ3n) is 2.70. The maximum absolute atomic E-state index is 11.7. The van der Waals surface area contributed by atoms with Crippen molar-refractivity contribution >= 4 is 11.9 Å². The van der Waals surface area contributed by atoms with E-state index in [1.807, 2.05) is 0 Å². The fourth-order valence-electron chi connectivity index (χ4n) is 1.59. The largest absolute Gasteiger partial charge is 0.497 e. The first-order chi connectivity index (χ1) is 10.2. The van der Waals surface area contributed by atoms with Gasteiger partial charge in [0.1, 0.15) is 11.5 Å². The standard InChI is InChI=1S/C15H15NO5/c1-19-12-6-4-11(5-7-12)15(18)21-10-14(17)16-9-13-3-2-8-20-13/h2-8H,9-10H2,1H3,(H,16,17). The van der Waals surface area contributed by atoms with Crippen molar-refractivity contribution in [1.29, 1.82) is 0 Å². The van der Waals surface area contributed by atoms with E-state index in [4.69, 9.17) is 13.9 Å². The zero-order valence-corrected chi connectivity index (χ0v) is 11.5. The molecule has 0 bridgehead atoms. The molecule has 0 saturated heterocycles. The maximum atomic E-state index is 11.7. The molecule has 0 spiro atoms. The van der Waals surface area contributed by atoms with Crippen molar-refractivity contribution in [3.8, 4) is 5.75 Å². The highest BCUT2D eigenvalue weighted by Crippen LogP contribution is 2.11. The summed E-state index contributed by atoms with van der Waals surface area (Å²) in [7, 11) is 1.54. The van der Waals surface area contributed by atoms with Gasteiger partial charge in [-0.3, -0.25) is 4.79 Å². The van der Waals surface area contributed by atoms with Crippen molar-refractivity contribution in [2.24, 2.45) is 0 Å². The van der Waals surface area contributed by atoms with Gasteiger partial charge in [0.15, 0.2) is 6.61 Å². The molecule has 0 unspecified atom stereocenters. The van der Waals surface area contributed by atoms with E-state index >= 15 is 0 Å². The SMILES string of the molecule is COc1ccc(C(=O)OCC(=O)NCc2ccco2)cc1. The molecule has 1 heterocycles. The monoisotopic (exact) mass is 289 g/mol. The summed E-state index contributed by atoms with van der Waals surface area (Å²) < 4.78 is 15.0. The summed E-state index contributed by atoms with van der Waals surface area (Å²) in [6, 6.07) is 9.90. The molecular weight excluding hydrogens is 274 g/mol. The first kappa shape index (κ1) is 14.6. The molecule has 2 aromatic rings. The normalized spacial score (nSPS) is 9.95. The van der Waals surface area contributed by atoms with E-state index in [0.29, 0.717) is 17.1 Å². The van der Waals surface area contributed by atoms with Crippen molar-refractivity contribution in [2.45, 2.75) is 6.54 Å². The highest BCUT2D eigenvalue weighted by molar-refractivity contribution is 5.91. The van der Waals surface area contributed by atoms with E-state index in [-0.39, 0.29) is 13.2 Å². The van der Waals surface area contributed by atoms with E-state index in [9.17, 15) is 9.59 Å². The number of methoxy groups -OCH3 is 1. The number of benzene rings is 1. The van der Waals surface area contributed by atoms with Gasteiger partial charge in [-0.15, -0.1) is 0 Å². The topological polar surface area (TPSA) is 77.8 Å². The second kappa shape index (κ2) is 7.14. The predicted octanol–water partition coefficient (Wildman–Crippen LogP) is 1.76. The molecule has 1 aromatic carbocycles. The van der Waals surface area contributed by atoms with Crippen LogP contribution < -0.4 is 10.1 Å². The average Bonchev–Trinajstić information content (AvgIpc) is 3.04. The number of rotatable bonds is 6. The smallest absolute Gasteiger partial charge is 0.338 e. The van der Waals surface area contributed by atoms with Crippen LogP contribution in [-0.4, -0.2) is 25.6 Å². The molecule has 21 heavy (non-hydrogen) atoms. The van der Waals surface area contributed by atoms with Gasteiger partial charge in [-0.25, -0.2) is 4.79 Å². The van der Waals surface area contributed by atoms with Gasteiger partial charge in [0.25, 0.3) is 5.91 Å². The number of ether oxygens (including phenoxy) is 2. The molecule has 0 atom stereocenters. The van der Waals surface area contributed by atoms with Gasteiger partial charge in [0.05, 0.1) is 25.5 Å². The fraction of sp³-hybridized carbons (Fsp3) is 0.200. The first-order valence-corrected chi connectivity index (χ1v) is 6.29. The summed E-state index contributed by atoms with van der Waals surface area (Å²) in [5.74, 6) is 0.312. The lowest BCUT2D eigenvalue weighted by Crippen LogP contribution is -2.28. The number of hydrogen-bond acceptors (Lipinski definition) is 5. The molecule has 1 aromatic heterocycles. The molecule has 6 heteroatoms. The average molecular weight is 289 g/mol. The molecule has 0 radical (unpaired) electrons. The van der Waals surface area contributed by atoms with Crippen LogP contribution in [0.1, 0.15) is 16.1 Å². The van der Waals surface area contributed by atoms with Crippen LogP contribution in [-0.2, 0) is 16.1 Å². The summed E-state index contributed by atoms with van der Waals surface area (Å²) in [5.41, 5.74) is 0.356. The van der Waals surface area contributed by atoms with Crippen molar-refractivity contribution in [3.05, 3.63) is 54.0 Å². The molecular formula is C15H15NO5. The number of carbonyl (C=O) groups excluding carboxylic acids is 2. The summed E-state index contributed by atoms with van der Waals surface area (Å²) >= 11 is 0. The quantitative estimate of drug-likeness (QED) is 0.820. The Balaban J connectivity index is 1.76. The Morgan fingerprint density at radius 1 is 1.19 bits per heavy atom.